The number of carbonyl (C=O) groups is 2. The molecule has 6 heteroatoms. The molecule has 2 aliphatic rings. The Morgan fingerprint density at radius 1 is 1.22 bits per heavy atom. The van der Waals surface area contributed by atoms with Crippen LogP contribution in [0.3, 0.4) is 0 Å². The van der Waals surface area contributed by atoms with Gasteiger partial charge in [0, 0.05) is 39.8 Å². The minimum absolute atomic E-state index is 0.0983. The summed E-state index contributed by atoms with van der Waals surface area (Å²) in [6, 6.07) is -0.175. The average Bonchev–Trinajstić information content (AvgIpc) is 2.68. The van der Waals surface area contributed by atoms with Crippen LogP contribution in [-0.4, -0.2) is 85.9 Å². The topological polar surface area (TPSA) is 55.9 Å². The van der Waals surface area contributed by atoms with Crippen LogP contribution in [0.5, 0.6) is 0 Å². The largest absolute Gasteiger partial charge is 0.344 e. The molecule has 2 heterocycles. The van der Waals surface area contributed by atoms with Crippen molar-refractivity contribution in [2.24, 2.45) is 0 Å². The number of rotatable bonds is 3. The zero-order valence-corrected chi connectivity index (χ0v) is 11.2. The first-order chi connectivity index (χ1) is 8.58. The van der Waals surface area contributed by atoms with Gasteiger partial charge >= 0.3 is 0 Å². The second kappa shape index (κ2) is 5.67. The Morgan fingerprint density at radius 3 is 2.44 bits per heavy atom. The lowest BCUT2D eigenvalue weighted by atomic mass is 10.2. The lowest BCUT2D eigenvalue weighted by Gasteiger charge is -2.32. The van der Waals surface area contributed by atoms with Gasteiger partial charge in [-0.05, 0) is 13.5 Å². The van der Waals surface area contributed by atoms with Crippen molar-refractivity contribution in [2.75, 3.05) is 53.4 Å². The van der Waals surface area contributed by atoms with Gasteiger partial charge < -0.3 is 14.7 Å². The third-order valence-corrected chi connectivity index (χ3v) is 3.78. The van der Waals surface area contributed by atoms with Crippen molar-refractivity contribution in [3.05, 3.63) is 0 Å². The van der Waals surface area contributed by atoms with Gasteiger partial charge in [0.15, 0.2) is 0 Å². The predicted molar refractivity (Wildman–Crippen MR) is 68.1 cm³/mol. The van der Waals surface area contributed by atoms with Gasteiger partial charge in [-0.25, -0.2) is 0 Å². The molecule has 18 heavy (non-hydrogen) atoms. The van der Waals surface area contributed by atoms with E-state index in [0.29, 0.717) is 0 Å². The van der Waals surface area contributed by atoms with Crippen molar-refractivity contribution >= 4 is 11.8 Å². The van der Waals surface area contributed by atoms with E-state index in [1.807, 2.05) is 4.90 Å². The number of nitrogens with zero attached hydrogens (tertiary/aromatic N) is 3. The molecular weight excluding hydrogens is 232 g/mol. The van der Waals surface area contributed by atoms with Crippen molar-refractivity contribution in [3.8, 4) is 0 Å². The Bertz CT molecular complexity index is 326. The second-order valence-electron chi connectivity index (χ2n) is 5.17. The molecule has 0 radical (unpaired) electrons. The molecule has 0 bridgehead atoms. The monoisotopic (exact) mass is 254 g/mol. The number of hydrogen-bond acceptors (Lipinski definition) is 4. The van der Waals surface area contributed by atoms with E-state index >= 15 is 0 Å². The minimum Gasteiger partial charge on any atom is -0.344 e. The predicted octanol–water partition coefficient (Wildman–Crippen LogP) is -1.42. The van der Waals surface area contributed by atoms with Crippen LogP contribution in [0.4, 0.5) is 0 Å². The molecular formula is C12H22N4O2. The van der Waals surface area contributed by atoms with Crippen LogP contribution >= 0.6 is 0 Å². The van der Waals surface area contributed by atoms with Crippen molar-refractivity contribution < 1.29 is 9.59 Å². The molecule has 2 aliphatic heterocycles. The van der Waals surface area contributed by atoms with E-state index in [4.69, 9.17) is 0 Å². The molecule has 0 spiro atoms. The normalized spacial score (nSPS) is 25.9. The maximum Gasteiger partial charge on any atom is 0.239 e. The molecule has 0 saturated carbocycles. The summed E-state index contributed by atoms with van der Waals surface area (Å²) < 4.78 is 0. The molecule has 2 amide bonds. The van der Waals surface area contributed by atoms with Gasteiger partial charge in [-0.2, -0.15) is 0 Å². The molecule has 0 aromatic rings. The highest BCUT2D eigenvalue weighted by atomic mass is 16.2. The highest BCUT2D eigenvalue weighted by Crippen LogP contribution is 2.08. The van der Waals surface area contributed by atoms with E-state index in [2.05, 4.69) is 17.3 Å². The van der Waals surface area contributed by atoms with Gasteiger partial charge in [0.25, 0.3) is 0 Å². The quantitative estimate of drug-likeness (QED) is 0.672. The van der Waals surface area contributed by atoms with E-state index < -0.39 is 0 Å². The van der Waals surface area contributed by atoms with Gasteiger partial charge in [-0.1, -0.05) is 0 Å². The van der Waals surface area contributed by atoms with Gasteiger partial charge in [-0.3, -0.25) is 14.9 Å². The number of carbonyl (C=O) groups excluding carboxylic acids is 2. The van der Waals surface area contributed by atoms with Crippen molar-refractivity contribution in [1.82, 2.24) is 20.0 Å². The van der Waals surface area contributed by atoms with Crippen LogP contribution in [0.25, 0.3) is 0 Å². The molecule has 2 fully saturated rings. The smallest absolute Gasteiger partial charge is 0.239 e. The summed E-state index contributed by atoms with van der Waals surface area (Å²) >= 11 is 0. The first-order valence-corrected chi connectivity index (χ1v) is 6.52. The number of amides is 2. The summed E-state index contributed by atoms with van der Waals surface area (Å²) in [7, 11) is 3.86. The first-order valence-electron chi connectivity index (χ1n) is 6.52. The van der Waals surface area contributed by atoms with Crippen LogP contribution in [-0.2, 0) is 9.59 Å². The number of likely N-dealkylation sites (tertiary alicyclic amines) is 1. The Hall–Kier alpha value is -1.14. The van der Waals surface area contributed by atoms with E-state index in [1.54, 1.807) is 11.9 Å². The van der Waals surface area contributed by atoms with Crippen molar-refractivity contribution in [1.29, 1.82) is 0 Å². The molecule has 1 atom stereocenters. The maximum atomic E-state index is 12.0. The third kappa shape index (κ3) is 3.00. The zero-order valence-electron chi connectivity index (χ0n) is 11.2. The zero-order chi connectivity index (χ0) is 13.1. The molecule has 0 aromatic heterocycles. The summed E-state index contributed by atoms with van der Waals surface area (Å²) in [4.78, 5) is 29.4. The summed E-state index contributed by atoms with van der Waals surface area (Å²) in [6.45, 7) is 4.48. The standard InChI is InChI=1S/C12H22N4O2/c1-14-5-7-16(8-6-14)11(17)9-13-10-3-4-15(2)12(10)18/h10,13H,3-9H2,1-2H3. The Kier molecular flexibility index (Phi) is 4.19. The van der Waals surface area contributed by atoms with Crippen molar-refractivity contribution in [3.63, 3.8) is 0 Å². The fourth-order valence-corrected chi connectivity index (χ4v) is 2.39. The highest BCUT2D eigenvalue weighted by molar-refractivity contribution is 5.85. The maximum absolute atomic E-state index is 12.0. The number of piperazine rings is 1. The molecule has 2 rings (SSSR count). The SMILES string of the molecule is CN1CCN(C(=O)CNC2CCN(C)C2=O)CC1. The van der Waals surface area contributed by atoms with Crippen LogP contribution in [0.2, 0.25) is 0 Å². The van der Waals surface area contributed by atoms with E-state index in [0.717, 1.165) is 39.1 Å². The fraction of sp³-hybridized carbons (Fsp3) is 0.833. The lowest BCUT2D eigenvalue weighted by Crippen LogP contribution is -2.51. The molecule has 6 nitrogen and oxygen atoms in total. The van der Waals surface area contributed by atoms with E-state index in [1.165, 1.54) is 0 Å². The van der Waals surface area contributed by atoms with Gasteiger partial charge in [0.1, 0.15) is 0 Å². The first kappa shape index (κ1) is 13.3. The third-order valence-electron chi connectivity index (χ3n) is 3.78. The molecule has 102 valence electrons. The molecule has 1 unspecified atom stereocenters. The van der Waals surface area contributed by atoms with Gasteiger partial charge in [0.05, 0.1) is 12.6 Å². The molecule has 2 saturated heterocycles. The Balaban J connectivity index is 1.73. The minimum atomic E-state index is -0.175. The Labute approximate surface area is 108 Å². The number of nitrogens with one attached hydrogen (secondary N) is 1. The van der Waals surface area contributed by atoms with E-state index in [-0.39, 0.29) is 24.4 Å². The van der Waals surface area contributed by atoms with E-state index in [9.17, 15) is 9.59 Å². The lowest BCUT2D eigenvalue weighted by molar-refractivity contribution is -0.132. The van der Waals surface area contributed by atoms with Crippen molar-refractivity contribution in [2.45, 2.75) is 12.5 Å². The van der Waals surface area contributed by atoms with Crippen LogP contribution in [0.1, 0.15) is 6.42 Å². The summed E-state index contributed by atoms with van der Waals surface area (Å²) in [5.41, 5.74) is 0. The average molecular weight is 254 g/mol. The van der Waals surface area contributed by atoms with Crippen LogP contribution in [0.15, 0.2) is 0 Å². The van der Waals surface area contributed by atoms with Gasteiger partial charge in [-0.15, -0.1) is 0 Å². The summed E-state index contributed by atoms with van der Waals surface area (Å²) in [5.74, 6) is 0.201. The van der Waals surface area contributed by atoms with Crippen LogP contribution < -0.4 is 5.32 Å². The molecule has 0 aliphatic carbocycles. The summed E-state index contributed by atoms with van der Waals surface area (Å²) in [6.07, 6.45) is 0.797. The second-order valence-corrected chi connectivity index (χ2v) is 5.17. The highest BCUT2D eigenvalue weighted by Gasteiger charge is 2.29. The number of hydrogen-bond donors (Lipinski definition) is 1. The molecule has 1 N–H and O–H groups in total. The Morgan fingerprint density at radius 2 is 1.89 bits per heavy atom. The molecule has 0 aromatic carbocycles. The number of likely N-dealkylation sites (N-methyl/N-ethyl adjacent to an activating group) is 2. The van der Waals surface area contributed by atoms with Crippen LogP contribution in [0, 0.1) is 0 Å². The van der Waals surface area contributed by atoms with Gasteiger partial charge in [0.2, 0.25) is 11.8 Å². The summed E-state index contributed by atoms with van der Waals surface area (Å²) in [5, 5.41) is 3.07. The fourth-order valence-electron chi connectivity index (χ4n) is 2.39.